The molecule has 0 saturated carbocycles. The summed E-state index contributed by atoms with van der Waals surface area (Å²) >= 11 is 0. The smallest absolute Gasteiger partial charge is 0.256 e. The molecule has 2 aromatic carbocycles. The third-order valence-corrected chi connectivity index (χ3v) is 3.29. The second-order valence-corrected chi connectivity index (χ2v) is 4.40. The number of methoxy groups -OCH3 is 2. The number of H-pyrrole nitrogens is 1. The van der Waals surface area contributed by atoms with Gasteiger partial charge < -0.3 is 14.5 Å². The van der Waals surface area contributed by atoms with Crippen molar-refractivity contribution in [2.45, 2.75) is 0 Å². The quantitative estimate of drug-likeness (QED) is 0.730. The number of nitrogens with one attached hydrogen (secondary N) is 1. The minimum absolute atomic E-state index is 0.264. The number of hydrogen-bond acceptors (Lipinski definition) is 3. The highest BCUT2D eigenvalue weighted by Crippen LogP contribution is 2.33. The fourth-order valence-electron chi connectivity index (χ4n) is 2.33. The van der Waals surface area contributed by atoms with Gasteiger partial charge in [-0.2, -0.15) is 0 Å². The summed E-state index contributed by atoms with van der Waals surface area (Å²) in [5.74, 6) is 0.642. The molecule has 0 amide bonds. The van der Waals surface area contributed by atoms with Gasteiger partial charge in [0.05, 0.1) is 19.7 Å². The second kappa shape index (κ2) is 4.52. The van der Waals surface area contributed by atoms with Crippen LogP contribution in [0.25, 0.3) is 21.7 Å². The Morgan fingerprint density at radius 2 is 1.65 bits per heavy atom. The molecule has 3 aromatic rings. The van der Waals surface area contributed by atoms with Crippen LogP contribution in [0, 0.1) is 5.82 Å². The fourth-order valence-corrected chi connectivity index (χ4v) is 2.33. The summed E-state index contributed by atoms with van der Waals surface area (Å²) in [6.45, 7) is 0. The molecular weight excluding hydrogens is 261 g/mol. The standard InChI is InChI=1S/C15H12FNO3/c1-19-13-6-11-10-5-8(16)3-4-9(10)15(18)17-12(11)7-14(13)20-2/h3-7H,1-2H3,(H,17,18). The van der Waals surface area contributed by atoms with Crippen molar-refractivity contribution in [3.8, 4) is 11.5 Å². The molecule has 5 heteroatoms. The molecular formula is C15H12FNO3. The van der Waals surface area contributed by atoms with E-state index >= 15 is 0 Å². The van der Waals surface area contributed by atoms with Crippen molar-refractivity contribution in [3.05, 3.63) is 46.5 Å². The van der Waals surface area contributed by atoms with Crippen LogP contribution in [0.1, 0.15) is 0 Å². The molecule has 102 valence electrons. The van der Waals surface area contributed by atoms with E-state index in [0.29, 0.717) is 33.2 Å². The average molecular weight is 273 g/mol. The number of hydrogen-bond donors (Lipinski definition) is 1. The summed E-state index contributed by atoms with van der Waals surface area (Å²) in [6.07, 6.45) is 0. The molecule has 1 aromatic heterocycles. The van der Waals surface area contributed by atoms with Crippen LogP contribution in [0.15, 0.2) is 35.1 Å². The Morgan fingerprint density at radius 3 is 2.35 bits per heavy atom. The van der Waals surface area contributed by atoms with Crippen LogP contribution in [0.2, 0.25) is 0 Å². The number of rotatable bonds is 2. The third-order valence-electron chi connectivity index (χ3n) is 3.29. The summed E-state index contributed by atoms with van der Waals surface area (Å²) in [5.41, 5.74) is 0.311. The predicted octanol–water partition coefficient (Wildman–Crippen LogP) is 2.84. The molecule has 0 aliphatic heterocycles. The predicted molar refractivity (Wildman–Crippen MR) is 75.1 cm³/mol. The Kier molecular flexibility index (Phi) is 2.82. The first kappa shape index (κ1) is 12.5. The maximum absolute atomic E-state index is 13.5. The van der Waals surface area contributed by atoms with E-state index in [1.165, 1.54) is 32.4 Å². The summed E-state index contributed by atoms with van der Waals surface area (Å²) in [4.78, 5) is 14.8. The van der Waals surface area contributed by atoms with E-state index in [4.69, 9.17) is 9.47 Å². The summed E-state index contributed by atoms with van der Waals surface area (Å²) in [5, 5.41) is 1.69. The van der Waals surface area contributed by atoms with Crippen molar-refractivity contribution in [1.29, 1.82) is 0 Å². The van der Waals surface area contributed by atoms with Gasteiger partial charge in [-0.05, 0) is 29.7 Å². The van der Waals surface area contributed by atoms with E-state index < -0.39 is 0 Å². The number of aromatic amines is 1. The lowest BCUT2D eigenvalue weighted by atomic mass is 10.1. The summed E-state index contributed by atoms with van der Waals surface area (Å²) < 4.78 is 23.9. The van der Waals surface area contributed by atoms with Crippen molar-refractivity contribution in [1.82, 2.24) is 4.98 Å². The van der Waals surface area contributed by atoms with Gasteiger partial charge in [0.25, 0.3) is 5.56 Å². The SMILES string of the molecule is COc1cc2[nH]c(=O)c3ccc(F)cc3c2cc1OC. The monoisotopic (exact) mass is 273 g/mol. The normalized spacial score (nSPS) is 10.9. The number of pyridine rings is 1. The van der Waals surface area contributed by atoms with Gasteiger partial charge in [0.2, 0.25) is 0 Å². The average Bonchev–Trinajstić information content (AvgIpc) is 2.46. The van der Waals surface area contributed by atoms with Gasteiger partial charge in [-0.15, -0.1) is 0 Å². The maximum Gasteiger partial charge on any atom is 0.256 e. The van der Waals surface area contributed by atoms with Crippen molar-refractivity contribution in [2.24, 2.45) is 0 Å². The lowest BCUT2D eigenvalue weighted by Gasteiger charge is -2.10. The first-order valence-corrected chi connectivity index (χ1v) is 6.01. The highest BCUT2D eigenvalue weighted by molar-refractivity contribution is 6.06. The zero-order valence-electron chi connectivity index (χ0n) is 11.0. The van der Waals surface area contributed by atoms with Crippen LogP contribution in [0.5, 0.6) is 11.5 Å². The largest absolute Gasteiger partial charge is 0.493 e. The van der Waals surface area contributed by atoms with E-state index in [-0.39, 0.29) is 11.4 Å². The van der Waals surface area contributed by atoms with Crippen LogP contribution in [0.4, 0.5) is 4.39 Å². The first-order chi connectivity index (χ1) is 9.63. The molecule has 1 heterocycles. The number of ether oxygens (including phenoxy) is 2. The lowest BCUT2D eigenvalue weighted by Crippen LogP contribution is -2.06. The zero-order chi connectivity index (χ0) is 14.3. The molecule has 1 N–H and O–H groups in total. The van der Waals surface area contributed by atoms with Crippen molar-refractivity contribution in [2.75, 3.05) is 14.2 Å². The van der Waals surface area contributed by atoms with E-state index in [2.05, 4.69) is 4.98 Å². The van der Waals surface area contributed by atoms with Crippen LogP contribution < -0.4 is 15.0 Å². The number of fused-ring (bicyclic) bond motifs is 3. The second-order valence-electron chi connectivity index (χ2n) is 4.40. The van der Waals surface area contributed by atoms with E-state index in [0.717, 1.165) is 0 Å². The molecule has 0 fully saturated rings. The molecule has 0 saturated heterocycles. The molecule has 0 aliphatic rings. The fraction of sp³-hybridized carbons (Fsp3) is 0.133. The minimum Gasteiger partial charge on any atom is -0.493 e. The molecule has 0 spiro atoms. The molecule has 20 heavy (non-hydrogen) atoms. The van der Waals surface area contributed by atoms with Crippen molar-refractivity contribution in [3.63, 3.8) is 0 Å². The number of halogens is 1. The maximum atomic E-state index is 13.5. The molecule has 0 atom stereocenters. The molecule has 0 radical (unpaired) electrons. The molecule has 0 unspecified atom stereocenters. The third kappa shape index (κ3) is 1.79. The highest BCUT2D eigenvalue weighted by Gasteiger charge is 2.11. The van der Waals surface area contributed by atoms with Crippen LogP contribution in [-0.4, -0.2) is 19.2 Å². The van der Waals surface area contributed by atoms with Crippen molar-refractivity contribution < 1.29 is 13.9 Å². The van der Waals surface area contributed by atoms with Crippen LogP contribution >= 0.6 is 0 Å². The van der Waals surface area contributed by atoms with E-state index in [1.807, 2.05) is 0 Å². The van der Waals surface area contributed by atoms with Gasteiger partial charge >= 0.3 is 0 Å². The Morgan fingerprint density at radius 1 is 0.950 bits per heavy atom. The van der Waals surface area contributed by atoms with Gasteiger partial charge in [0, 0.05) is 16.8 Å². The van der Waals surface area contributed by atoms with Gasteiger partial charge in [-0.25, -0.2) is 4.39 Å². The van der Waals surface area contributed by atoms with E-state index in [9.17, 15) is 9.18 Å². The van der Waals surface area contributed by atoms with Gasteiger partial charge in [-0.3, -0.25) is 4.79 Å². The highest BCUT2D eigenvalue weighted by atomic mass is 19.1. The van der Waals surface area contributed by atoms with Gasteiger partial charge in [0.1, 0.15) is 5.82 Å². The Labute approximate surface area is 113 Å². The minimum atomic E-state index is -0.390. The lowest BCUT2D eigenvalue weighted by molar-refractivity contribution is 0.356. The zero-order valence-corrected chi connectivity index (χ0v) is 11.0. The van der Waals surface area contributed by atoms with Crippen LogP contribution in [0.3, 0.4) is 0 Å². The number of benzene rings is 2. The Bertz CT molecular complexity index is 870. The summed E-state index contributed by atoms with van der Waals surface area (Å²) in [7, 11) is 3.04. The topological polar surface area (TPSA) is 51.3 Å². The van der Waals surface area contributed by atoms with E-state index in [1.54, 1.807) is 12.1 Å². The van der Waals surface area contributed by atoms with Gasteiger partial charge in [0.15, 0.2) is 11.5 Å². The van der Waals surface area contributed by atoms with Crippen LogP contribution in [-0.2, 0) is 0 Å². The van der Waals surface area contributed by atoms with Crippen molar-refractivity contribution >= 4 is 21.7 Å². The Hall–Kier alpha value is -2.56. The molecule has 3 rings (SSSR count). The molecule has 4 nitrogen and oxygen atoms in total. The molecule has 0 bridgehead atoms. The Balaban J connectivity index is 2.52. The number of aromatic nitrogens is 1. The molecule has 0 aliphatic carbocycles. The first-order valence-electron chi connectivity index (χ1n) is 6.01. The van der Waals surface area contributed by atoms with Gasteiger partial charge in [-0.1, -0.05) is 0 Å². The summed E-state index contributed by atoms with van der Waals surface area (Å²) in [6, 6.07) is 7.48.